The molecule has 1 heterocycles. The van der Waals surface area contributed by atoms with Gasteiger partial charge in [-0.25, -0.2) is 0 Å². The fourth-order valence-corrected chi connectivity index (χ4v) is 4.83. The molecule has 0 fully saturated rings. The van der Waals surface area contributed by atoms with E-state index in [9.17, 15) is 14.7 Å². The van der Waals surface area contributed by atoms with E-state index < -0.39 is 12.5 Å². The molecule has 0 saturated carbocycles. The van der Waals surface area contributed by atoms with Crippen LogP contribution in [0.15, 0.2) is 66.7 Å². The summed E-state index contributed by atoms with van der Waals surface area (Å²) in [6, 6.07) is 20.9. The number of halogens is 1. The van der Waals surface area contributed by atoms with Crippen molar-refractivity contribution in [1.29, 1.82) is 0 Å². The maximum Gasteiger partial charge on any atom is 0.323 e. The van der Waals surface area contributed by atoms with Crippen molar-refractivity contribution in [3.05, 3.63) is 94.0 Å². The van der Waals surface area contributed by atoms with Gasteiger partial charge in [0.15, 0.2) is 0 Å². The van der Waals surface area contributed by atoms with Crippen LogP contribution in [0.3, 0.4) is 0 Å². The SMILES string of the molecule is CC(C)c1ccc(CC2(C)CCc3cc(C(=O)N(CCOc4ccc(Cl)cc4)CC(=O)O)ccc3O2)cc1. The number of aliphatic carboxylic acids is 1. The van der Waals surface area contributed by atoms with Crippen LogP contribution in [0.25, 0.3) is 0 Å². The van der Waals surface area contributed by atoms with Crippen molar-refractivity contribution in [2.24, 2.45) is 0 Å². The van der Waals surface area contributed by atoms with Gasteiger partial charge in [-0.05, 0) is 84.8 Å². The number of nitrogens with zero attached hydrogens (tertiary/aromatic N) is 1. The zero-order chi connectivity index (χ0) is 27.3. The summed E-state index contributed by atoms with van der Waals surface area (Å²) < 4.78 is 12.1. The molecular weight excluding hydrogens is 502 g/mol. The summed E-state index contributed by atoms with van der Waals surface area (Å²) in [7, 11) is 0. The smallest absolute Gasteiger partial charge is 0.323 e. The molecule has 38 heavy (non-hydrogen) atoms. The van der Waals surface area contributed by atoms with Crippen LogP contribution in [0.1, 0.15) is 60.2 Å². The molecule has 3 aromatic carbocycles. The van der Waals surface area contributed by atoms with Gasteiger partial charge in [0.1, 0.15) is 30.3 Å². The van der Waals surface area contributed by atoms with Gasteiger partial charge in [-0.2, -0.15) is 0 Å². The molecule has 1 unspecified atom stereocenters. The third kappa shape index (κ3) is 7.07. The second-order valence-electron chi connectivity index (χ2n) is 10.4. The highest BCUT2D eigenvalue weighted by molar-refractivity contribution is 6.30. The average Bonchev–Trinajstić information content (AvgIpc) is 2.88. The van der Waals surface area contributed by atoms with Gasteiger partial charge in [-0.3, -0.25) is 9.59 Å². The monoisotopic (exact) mass is 535 g/mol. The van der Waals surface area contributed by atoms with E-state index in [4.69, 9.17) is 21.1 Å². The maximum absolute atomic E-state index is 13.2. The quantitative estimate of drug-likeness (QED) is 0.325. The number of carbonyl (C=O) groups is 2. The number of fused-ring (bicyclic) bond motifs is 1. The van der Waals surface area contributed by atoms with Crippen LogP contribution in [0.2, 0.25) is 5.02 Å². The molecule has 7 heteroatoms. The first kappa shape index (κ1) is 27.5. The summed E-state index contributed by atoms with van der Waals surface area (Å²) in [6.45, 7) is 6.38. The Morgan fingerprint density at radius 3 is 2.45 bits per heavy atom. The molecule has 0 saturated heterocycles. The van der Waals surface area contributed by atoms with Gasteiger partial charge in [0.05, 0.1) is 6.54 Å². The summed E-state index contributed by atoms with van der Waals surface area (Å²) in [5, 5.41) is 9.96. The zero-order valence-corrected chi connectivity index (χ0v) is 22.8. The summed E-state index contributed by atoms with van der Waals surface area (Å²) in [5.74, 6) is 0.431. The predicted molar refractivity (Wildman–Crippen MR) is 149 cm³/mol. The Kier molecular flexibility index (Phi) is 8.62. The Bertz CT molecular complexity index is 1270. The molecule has 0 spiro atoms. The molecule has 0 aliphatic carbocycles. The highest BCUT2D eigenvalue weighted by atomic mass is 35.5. The van der Waals surface area contributed by atoms with Crippen LogP contribution < -0.4 is 9.47 Å². The van der Waals surface area contributed by atoms with E-state index in [1.54, 1.807) is 30.3 Å². The summed E-state index contributed by atoms with van der Waals surface area (Å²) in [6.07, 6.45) is 2.39. The topological polar surface area (TPSA) is 76.1 Å². The summed E-state index contributed by atoms with van der Waals surface area (Å²) in [5.41, 5.74) is 3.60. The molecular formula is C31H34ClNO5. The van der Waals surface area contributed by atoms with Crippen molar-refractivity contribution in [1.82, 2.24) is 4.90 Å². The fraction of sp³-hybridized carbons (Fsp3) is 0.355. The van der Waals surface area contributed by atoms with Gasteiger partial charge >= 0.3 is 5.97 Å². The van der Waals surface area contributed by atoms with Crippen molar-refractivity contribution in [3.8, 4) is 11.5 Å². The second kappa shape index (κ2) is 11.9. The Labute approximate surface area is 229 Å². The lowest BCUT2D eigenvalue weighted by Crippen LogP contribution is -2.39. The first-order chi connectivity index (χ1) is 18.1. The Balaban J connectivity index is 1.41. The van der Waals surface area contributed by atoms with Crippen LogP contribution in [-0.2, 0) is 17.6 Å². The molecule has 1 N–H and O–H groups in total. The normalized spacial score (nSPS) is 16.4. The van der Waals surface area contributed by atoms with Gasteiger partial charge in [-0.15, -0.1) is 0 Å². The molecule has 0 bridgehead atoms. The molecule has 1 amide bonds. The number of rotatable bonds is 10. The molecule has 3 aromatic rings. The Hall–Kier alpha value is -3.51. The maximum atomic E-state index is 13.2. The highest BCUT2D eigenvalue weighted by Gasteiger charge is 2.32. The van der Waals surface area contributed by atoms with E-state index in [0.29, 0.717) is 22.3 Å². The Morgan fingerprint density at radius 2 is 1.79 bits per heavy atom. The molecule has 1 aliphatic rings. The molecule has 0 radical (unpaired) electrons. The minimum absolute atomic E-state index is 0.134. The first-order valence-electron chi connectivity index (χ1n) is 12.9. The van der Waals surface area contributed by atoms with E-state index >= 15 is 0 Å². The first-order valence-corrected chi connectivity index (χ1v) is 13.3. The minimum Gasteiger partial charge on any atom is -0.492 e. The molecule has 1 atom stereocenters. The molecule has 0 aromatic heterocycles. The predicted octanol–water partition coefficient (Wildman–Crippen LogP) is 6.40. The van der Waals surface area contributed by atoms with Crippen LogP contribution in [0.5, 0.6) is 11.5 Å². The number of carbonyl (C=O) groups excluding carboxylic acids is 1. The lowest BCUT2D eigenvalue weighted by molar-refractivity contribution is -0.137. The number of hydrogen-bond donors (Lipinski definition) is 1. The van der Waals surface area contributed by atoms with Gasteiger partial charge in [-0.1, -0.05) is 49.7 Å². The largest absolute Gasteiger partial charge is 0.492 e. The lowest BCUT2D eigenvalue weighted by atomic mass is 9.86. The number of carboxylic acid groups (broad SMARTS) is 1. The highest BCUT2D eigenvalue weighted by Crippen LogP contribution is 2.36. The Morgan fingerprint density at radius 1 is 1.08 bits per heavy atom. The number of carboxylic acids is 1. The molecule has 6 nitrogen and oxygen atoms in total. The molecule has 200 valence electrons. The second-order valence-corrected chi connectivity index (χ2v) is 10.8. The van der Waals surface area contributed by atoms with E-state index in [1.807, 2.05) is 12.1 Å². The number of benzene rings is 3. The van der Waals surface area contributed by atoms with Gasteiger partial charge in [0.25, 0.3) is 5.91 Å². The van der Waals surface area contributed by atoms with E-state index in [0.717, 1.165) is 30.6 Å². The van der Waals surface area contributed by atoms with Crippen LogP contribution in [0.4, 0.5) is 0 Å². The number of amides is 1. The zero-order valence-electron chi connectivity index (χ0n) is 22.1. The number of aryl methyl sites for hydroxylation is 1. The van der Waals surface area contributed by atoms with Gasteiger partial charge in [0, 0.05) is 17.0 Å². The molecule has 1 aliphatic heterocycles. The average molecular weight is 536 g/mol. The van der Waals surface area contributed by atoms with Gasteiger partial charge < -0.3 is 19.5 Å². The fourth-order valence-electron chi connectivity index (χ4n) is 4.70. The molecule has 4 rings (SSSR count). The van der Waals surface area contributed by atoms with Crippen LogP contribution in [0, 0.1) is 0 Å². The van der Waals surface area contributed by atoms with Crippen molar-refractivity contribution in [2.45, 2.75) is 51.6 Å². The third-order valence-corrected chi connectivity index (χ3v) is 7.12. The summed E-state index contributed by atoms with van der Waals surface area (Å²) in [4.78, 5) is 26.0. The van der Waals surface area contributed by atoms with Crippen molar-refractivity contribution in [3.63, 3.8) is 0 Å². The lowest BCUT2D eigenvalue weighted by Gasteiger charge is -2.36. The van der Waals surface area contributed by atoms with E-state index in [1.165, 1.54) is 16.0 Å². The van der Waals surface area contributed by atoms with Crippen molar-refractivity contribution >= 4 is 23.5 Å². The van der Waals surface area contributed by atoms with Crippen LogP contribution >= 0.6 is 11.6 Å². The van der Waals surface area contributed by atoms with Crippen LogP contribution in [-0.4, -0.2) is 47.2 Å². The van der Waals surface area contributed by atoms with E-state index in [-0.39, 0.29) is 24.7 Å². The van der Waals surface area contributed by atoms with Crippen molar-refractivity contribution < 1.29 is 24.2 Å². The van der Waals surface area contributed by atoms with Gasteiger partial charge in [0.2, 0.25) is 0 Å². The summed E-state index contributed by atoms with van der Waals surface area (Å²) >= 11 is 5.90. The number of ether oxygens (including phenoxy) is 2. The van der Waals surface area contributed by atoms with Crippen molar-refractivity contribution in [2.75, 3.05) is 19.7 Å². The van der Waals surface area contributed by atoms with E-state index in [2.05, 4.69) is 45.0 Å². The standard InChI is InChI=1S/C31H34ClNO5/c1-21(2)23-6-4-22(5-7-23)19-31(3)15-14-24-18-25(8-13-28(24)38-31)30(36)33(20-29(34)35)16-17-37-27-11-9-26(32)10-12-27/h4-13,18,21H,14-17,19-20H2,1-3H3,(H,34,35). The number of hydrogen-bond acceptors (Lipinski definition) is 4. The minimum atomic E-state index is -1.08. The third-order valence-electron chi connectivity index (χ3n) is 6.87.